The molecule has 88 valence electrons. The summed E-state index contributed by atoms with van der Waals surface area (Å²) in [7, 11) is 1.79. The van der Waals surface area contributed by atoms with Crippen LogP contribution >= 0.6 is 0 Å². The molecule has 1 unspecified atom stereocenters. The van der Waals surface area contributed by atoms with E-state index in [4.69, 9.17) is 0 Å². The number of hydrogen-bond donors (Lipinski definition) is 1. The predicted octanol–water partition coefficient (Wildman–Crippen LogP) is 1.39. The van der Waals surface area contributed by atoms with Gasteiger partial charge < -0.3 is 5.11 Å². The summed E-state index contributed by atoms with van der Waals surface area (Å²) in [5.41, 5.74) is 4.44. The summed E-state index contributed by atoms with van der Waals surface area (Å²) >= 11 is 0. The Morgan fingerprint density at radius 2 is 2.12 bits per heavy atom. The third-order valence-corrected chi connectivity index (χ3v) is 3.47. The Morgan fingerprint density at radius 3 is 2.88 bits per heavy atom. The first-order valence-corrected chi connectivity index (χ1v) is 5.90. The van der Waals surface area contributed by atoms with E-state index in [9.17, 15) is 5.11 Å². The molecule has 1 heterocycles. The van der Waals surface area contributed by atoms with E-state index >= 15 is 0 Å². The molecule has 0 bridgehead atoms. The first kappa shape index (κ1) is 10.5. The van der Waals surface area contributed by atoms with Crippen molar-refractivity contribution in [2.45, 2.75) is 25.4 Å². The highest BCUT2D eigenvalue weighted by Gasteiger charge is 2.18. The van der Waals surface area contributed by atoms with E-state index in [-0.39, 0.29) is 0 Å². The number of aryl methyl sites for hydroxylation is 3. The predicted molar refractivity (Wildman–Crippen MR) is 63.5 cm³/mol. The first-order chi connectivity index (χ1) is 8.25. The molecule has 0 aliphatic heterocycles. The molecule has 3 rings (SSSR count). The normalized spacial score (nSPS) is 15.9. The van der Waals surface area contributed by atoms with E-state index in [0.717, 1.165) is 17.7 Å². The van der Waals surface area contributed by atoms with Crippen LogP contribution in [0.2, 0.25) is 0 Å². The largest absolute Gasteiger partial charge is 0.382 e. The second-order valence-electron chi connectivity index (χ2n) is 4.57. The highest BCUT2D eigenvalue weighted by atomic mass is 16.3. The standard InChI is InChI=1S/C13H15N3O/c1-16-12(8-14-15-16)13(17)11-6-5-9-3-2-4-10(9)7-11/h5-8,13,17H,2-4H2,1H3. The van der Waals surface area contributed by atoms with Crippen LogP contribution in [-0.2, 0) is 19.9 Å². The van der Waals surface area contributed by atoms with E-state index in [1.807, 2.05) is 6.07 Å². The van der Waals surface area contributed by atoms with Crippen LogP contribution < -0.4 is 0 Å². The molecule has 0 amide bonds. The van der Waals surface area contributed by atoms with Gasteiger partial charge in [0, 0.05) is 7.05 Å². The van der Waals surface area contributed by atoms with E-state index in [1.165, 1.54) is 24.0 Å². The van der Waals surface area contributed by atoms with Crippen molar-refractivity contribution in [3.8, 4) is 0 Å². The molecule has 1 aromatic carbocycles. The fourth-order valence-corrected chi connectivity index (χ4v) is 2.48. The minimum absolute atomic E-state index is 0.638. The van der Waals surface area contributed by atoms with Crippen LogP contribution in [0.5, 0.6) is 0 Å². The molecule has 0 spiro atoms. The zero-order chi connectivity index (χ0) is 11.8. The minimum Gasteiger partial charge on any atom is -0.382 e. The highest BCUT2D eigenvalue weighted by molar-refractivity contribution is 5.37. The van der Waals surface area contributed by atoms with Crippen LogP contribution in [0.15, 0.2) is 24.4 Å². The number of aliphatic hydroxyl groups is 1. The lowest BCUT2D eigenvalue weighted by atomic mass is 10.0. The van der Waals surface area contributed by atoms with Gasteiger partial charge in [0.1, 0.15) is 6.10 Å². The number of aromatic nitrogens is 3. The molecule has 0 radical (unpaired) electrons. The monoisotopic (exact) mass is 229 g/mol. The number of hydrogen-bond acceptors (Lipinski definition) is 3. The minimum atomic E-state index is -0.638. The van der Waals surface area contributed by atoms with Crippen LogP contribution in [0.4, 0.5) is 0 Å². The molecule has 1 aromatic heterocycles. The second kappa shape index (κ2) is 3.96. The van der Waals surface area contributed by atoms with Gasteiger partial charge in [-0.2, -0.15) is 0 Å². The van der Waals surface area contributed by atoms with Crippen LogP contribution in [0.1, 0.15) is 34.9 Å². The number of nitrogens with zero attached hydrogens (tertiary/aromatic N) is 3. The van der Waals surface area contributed by atoms with Gasteiger partial charge >= 0.3 is 0 Å². The fraction of sp³-hybridized carbons (Fsp3) is 0.385. The van der Waals surface area contributed by atoms with Crippen LogP contribution in [0, 0.1) is 0 Å². The number of aliphatic hydroxyl groups excluding tert-OH is 1. The van der Waals surface area contributed by atoms with E-state index in [0.29, 0.717) is 0 Å². The molecule has 2 aromatic rings. The zero-order valence-electron chi connectivity index (χ0n) is 9.80. The van der Waals surface area contributed by atoms with Gasteiger partial charge in [-0.15, -0.1) is 5.10 Å². The quantitative estimate of drug-likeness (QED) is 0.846. The Bertz CT molecular complexity index is 547. The molecule has 1 aliphatic carbocycles. The molecule has 1 aliphatic rings. The lowest BCUT2D eigenvalue weighted by Crippen LogP contribution is -2.07. The molecule has 0 fully saturated rings. The maximum absolute atomic E-state index is 10.3. The van der Waals surface area contributed by atoms with Crippen molar-refractivity contribution in [3.05, 3.63) is 46.8 Å². The second-order valence-corrected chi connectivity index (χ2v) is 4.57. The highest BCUT2D eigenvalue weighted by Crippen LogP contribution is 2.27. The third-order valence-electron chi connectivity index (χ3n) is 3.47. The molecule has 0 saturated carbocycles. The Hall–Kier alpha value is -1.68. The van der Waals surface area contributed by atoms with Gasteiger partial charge in [0.2, 0.25) is 0 Å². The van der Waals surface area contributed by atoms with Crippen LogP contribution in [-0.4, -0.2) is 20.1 Å². The van der Waals surface area contributed by atoms with Crippen molar-refractivity contribution in [2.24, 2.45) is 7.05 Å². The first-order valence-electron chi connectivity index (χ1n) is 5.90. The van der Waals surface area contributed by atoms with E-state index in [2.05, 4.69) is 22.4 Å². The van der Waals surface area contributed by atoms with Crippen LogP contribution in [0.3, 0.4) is 0 Å². The number of fused-ring (bicyclic) bond motifs is 1. The number of rotatable bonds is 2. The summed E-state index contributed by atoms with van der Waals surface area (Å²) in [6.45, 7) is 0. The van der Waals surface area contributed by atoms with Gasteiger partial charge in [-0.1, -0.05) is 23.4 Å². The lowest BCUT2D eigenvalue weighted by molar-refractivity contribution is 0.209. The van der Waals surface area contributed by atoms with Gasteiger partial charge in [-0.25, -0.2) is 4.68 Å². The van der Waals surface area contributed by atoms with Crippen LogP contribution in [0.25, 0.3) is 0 Å². The molecule has 0 saturated heterocycles. The van der Waals surface area contributed by atoms with Crippen molar-refractivity contribution in [2.75, 3.05) is 0 Å². The van der Waals surface area contributed by atoms with Gasteiger partial charge in [-0.05, 0) is 36.0 Å². The Labute approximate surface area is 99.9 Å². The fourth-order valence-electron chi connectivity index (χ4n) is 2.48. The Kier molecular flexibility index (Phi) is 2.44. The van der Waals surface area contributed by atoms with Crippen molar-refractivity contribution in [1.29, 1.82) is 0 Å². The van der Waals surface area contributed by atoms with Gasteiger partial charge in [0.05, 0.1) is 11.9 Å². The topological polar surface area (TPSA) is 50.9 Å². The number of benzene rings is 1. The van der Waals surface area contributed by atoms with Gasteiger partial charge in [-0.3, -0.25) is 0 Å². The Balaban J connectivity index is 1.97. The van der Waals surface area contributed by atoms with Gasteiger partial charge in [0.15, 0.2) is 0 Å². The van der Waals surface area contributed by atoms with Crippen molar-refractivity contribution < 1.29 is 5.11 Å². The summed E-state index contributed by atoms with van der Waals surface area (Å²) < 4.78 is 1.61. The smallest absolute Gasteiger partial charge is 0.122 e. The summed E-state index contributed by atoms with van der Waals surface area (Å²) in [4.78, 5) is 0. The average Bonchev–Trinajstić information content (AvgIpc) is 2.95. The van der Waals surface area contributed by atoms with E-state index < -0.39 is 6.10 Å². The molecule has 4 heteroatoms. The summed E-state index contributed by atoms with van der Waals surface area (Å²) in [6.07, 6.45) is 4.49. The zero-order valence-corrected chi connectivity index (χ0v) is 9.80. The third kappa shape index (κ3) is 1.74. The maximum Gasteiger partial charge on any atom is 0.122 e. The summed E-state index contributed by atoms with van der Waals surface area (Å²) in [5.74, 6) is 0. The molecule has 1 N–H and O–H groups in total. The van der Waals surface area contributed by atoms with Gasteiger partial charge in [0.25, 0.3) is 0 Å². The molecule has 1 atom stereocenters. The SMILES string of the molecule is Cn1nncc1C(O)c1ccc2c(c1)CCC2. The van der Waals surface area contributed by atoms with E-state index in [1.54, 1.807) is 17.9 Å². The summed E-state index contributed by atoms with van der Waals surface area (Å²) in [5, 5.41) is 17.9. The van der Waals surface area contributed by atoms with Crippen molar-refractivity contribution in [1.82, 2.24) is 15.0 Å². The molecular formula is C13H15N3O. The van der Waals surface area contributed by atoms with Crippen molar-refractivity contribution >= 4 is 0 Å². The molecule has 4 nitrogen and oxygen atoms in total. The lowest BCUT2D eigenvalue weighted by Gasteiger charge is -2.12. The average molecular weight is 229 g/mol. The van der Waals surface area contributed by atoms with Crippen molar-refractivity contribution in [3.63, 3.8) is 0 Å². The maximum atomic E-state index is 10.3. The summed E-state index contributed by atoms with van der Waals surface area (Å²) in [6, 6.07) is 6.24. The molecule has 17 heavy (non-hydrogen) atoms. The Morgan fingerprint density at radius 1 is 1.29 bits per heavy atom. The molecular weight excluding hydrogens is 214 g/mol.